The van der Waals surface area contributed by atoms with E-state index in [-0.39, 0.29) is 5.41 Å². The van der Waals surface area contributed by atoms with Gasteiger partial charge < -0.3 is 0 Å². The lowest BCUT2D eigenvalue weighted by Gasteiger charge is -2.25. The van der Waals surface area contributed by atoms with Gasteiger partial charge in [0.15, 0.2) is 0 Å². The number of hydrogen-bond acceptors (Lipinski definition) is 3. The van der Waals surface area contributed by atoms with Crippen molar-refractivity contribution in [3.05, 3.63) is 29.6 Å². The van der Waals surface area contributed by atoms with Crippen molar-refractivity contribution in [2.45, 2.75) is 73.6 Å². The summed E-state index contributed by atoms with van der Waals surface area (Å²) in [4.78, 5) is 4.54. The molecule has 1 aliphatic rings. The molecule has 0 fully saturated rings. The molecule has 1 aliphatic heterocycles. The molecule has 0 aliphatic carbocycles. The average Bonchev–Trinajstić information content (AvgIpc) is 2.84. The smallest absolute Gasteiger partial charge is 0.0467 e. The Bertz CT molecular complexity index is 604. The Hall–Kier alpha value is -1.51. The maximum Gasteiger partial charge on any atom is 0.0467 e. The van der Waals surface area contributed by atoms with Gasteiger partial charge in [-0.3, -0.25) is 4.98 Å². The molecule has 2 heterocycles. The van der Waals surface area contributed by atoms with Gasteiger partial charge in [-0.15, -0.1) is 0 Å². The summed E-state index contributed by atoms with van der Waals surface area (Å²) in [6.45, 7) is 13.6. The molecule has 2 rings (SSSR count). The first kappa shape index (κ1) is 17.8. The Morgan fingerprint density at radius 2 is 1.70 bits per heavy atom. The van der Waals surface area contributed by atoms with Crippen LogP contribution in [0.15, 0.2) is 28.5 Å². The Balaban J connectivity index is 1.83. The monoisotopic (exact) mass is 313 g/mol. The molecule has 0 aromatic carbocycles. The molecule has 0 saturated carbocycles. The fourth-order valence-electron chi connectivity index (χ4n) is 3.02. The van der Waals surface area contributed by atoms with Crippen molar-refractivity contribution in [3.63, 3.8) is 0 Å². The summed E-state index contributed by atoms with van der Waals surface area (Å²) in [6.07, 6.45) is 7.08. The van der Waals surface area contributed by atoms with Crippen molar-refractivity contribution < 1.29 is 0 Å². The van der Waals surface area contributed by atoms with Gasteiger partial charge in [0.25, 0.3) is 0 Å². The van der Waals surface area contributed by atoms with Gasteiger partial charge in [0.05, 0.1) is 0 Å². The fraction of sp³-hybridized carbons (Fsp3) is 0.650. The van der Waals surface area contributed by atoms with Crippen LogP contribution >= 0.6 is 0 Å². The molecule has 0 saturated heterocycles. The number of aromatic nitrogens is 1. The molecular weight excluding hydrogens is 282 g/mol. The zero-order valence-corrected chi connectivity index (χ0v) is 15.6. The summed E-state index contributed by atoms with van der Waals surface area (Å²) >= 11 is 0. The average molecular weight is 313 g/mol. The zero-order chi connectivity index (χ0) is 17.1. The Morgan fingerprint density at radius 3 is 2.35 bits per heavy atom. The predicted octanol–water partition coefficient (Wildman–Crippen LogP) is 5.38. The minimum atomic E-state index is 0.231. The maximum absolute atomic E-state index is 4.54. The second kappa shape index (κ2) is 6.94. The highest BCUT2D eigenvalue weighted by atomic mass is 15.2. The Morgan fingerprint density at radius 1 is 1.00 bits per heavy atom. The van der Waals surface area contributed by atoms with Crippen molar-refractivity contribution >= 4 is 11.4 Å². The predicted molar refractivity (Wildman–Crippen MR) is 99.3 cm³/mol. The maximum atomic E-state index is 4.54. The second-order valence-corrected chi connectivity index (χ2v) is 8.85. The lowest BCUT2D eigenvalue weighted by Crippen LogP contribution is -2.19. The summed E-state index contributed by atoms with van der Waals surface area (Å²) in [5.41, 5.74) is 5.51. The van der Waals surface area contributed by atoms with Crippen LogP contribution in [0, 0.1) is 17.8 Å². The lowest BCUT2D eigenvalue weighted by atomic mass is 9.81. The van der Waals surface area contributed by atoms with Crippen molar-refractivity contribution in [1.29, 1.82) is 0 Å². The van der Waals surface area contributed by atoms with Crippen LogP contribution in [0.1, 0.15) is 71.6 Å². The zero-order valence-electron chi connectivity index (χ0n) is 15.6. The van der Waals surface area contributed by atoms with E-state index >= 15 is 0 Å². The highest BCUT2D eigenvalue weighted by molar-refractivity contribution is 6.07. The van der Waals surface area contributed by atoms with Crippen LogP contribution < -0.4 is 0 Å². The molecular formula is C20H31N3. The van der Waals surface area contributed by atoms with E-state index in [2.05, 4.69) is 62.8 Å². The Kier molecular flexibility index (Phi) is 5.38. The first-order valence-corrected chi connectivity index (χ1v) is 8.66. The van der Waals surface area contributed by atoms with E-state index in [0.29, 0.717) is 5.41 Å². The van der Waals surface area contributed by atoms with Gasteiger partial charge in [-0.05, 0) is 55.1 Å². The number of pyridine rings is 1. The van der Waals surface area contributed by atoms with Gasteiger partial charge in [0.2, 0.25) is 0 Å². The summed E-state index contributed by atoms with van der Waals surface area (Å²) in [5.74, 6) is 0. The third-order valence-corrected chi connectivity index (χ3v) is 4.33. The van der Waals surface area contributed by atoms with E-state index in [4.69, 9.17) is 0 Å². The van der Waals surface area contributed by atoms with Crippen LogP contribution in [0.2, 0.25) is 0 Å². The molecule has 0 bridgehead atoms. The van der Waals surface area contributed by atoms with E-state index in [1.54, 1.807) is 0 Å². The molecule has 1 aromatic rings. The lowest BCUT2D eigenvalue weighted by molar-refractivity contribution is 0.335. The number of nitrogens with zero attached hydrogens (tertiary/aromatic N) is 3. The van der Waals surface area contributed by atoms with Gasteiger partial charge in [-0.1, -0.05) is 40.7 Å². The minimum Gasteiger partial charge on any atom is -0.261 e. The molecule has 0 spiro atoms. The first-order chi connectivity index (χ1) is 10.6. The van der Waals surface area contributed by atoms with E-state index in [1.165, 1.54) is 22.7 Å². The normalized spacial score (nSPS) is 15.6. The fourth-order valence-corrected chi connectivity index (χ4v) is 3.02. The van der Waals surface area contributed by atoms with Crippen LogP contribution in [0.5, 0.6) is 0 Å². The van der Waals surface area contributed by atoms with Gasteiger partial charge in [0.1, 0.15) is 0 Å². The van der Waals surface area contributed by atoms with Crippen LogP contribution in [-0.4, -0.2) is 16.4 Å². The summed E-state index contributed by atoms with van der Waals surface area (Å²) in [6, 6.07) is 4.15. The van der Waals surface area contributed by atoms with Crippen molar-refractivity contribution in [2.24, 2.45) is 21.0 Å². The molecule has 3 nitrogen and oxygen atoms in total. The third kappa shape index (κ3) is 5.89. The van der Waals surface area contributed by atoms with E-state index in [1.807, 2.05) is 12.3 Å². The molecule has 0 amide bonds. The van der Waals surface area contributed by atoms with Crippen molar-refractivity contribution in [3.8, 4) is 0 Å². The molecule has 0 unspecified atom stereocenters. The third-order valence-electron chi connectivity index (χ3n) is 4.33. The number of rotatable bonds is 6. The van der Waals surface area contributed by atoms with Crippen LogP contribution in [0.4, 0.5) is 0 Å². The summed E-state index contributed by atoms with van der Waals surface area (Å²) in [7, 11) is 0. The van der Waals surface area contributed by atoms with Crippen molar-refractivity contribution in [1.82, 2.24) is 4.98 Å². The highest BCUT2D eigenvalue weighted by Gasteiger charge is 2.24. The van der Waals surface area contributed by atoms with Crippen LogP contribution in [0.3, 0.4) is 0 Å². The second-order valence-electron chi connectivity index (χ2n) is 8.85. The van der Waals surface area contributed by atoms with Crippen LogP contribution in [0.25, 0.3) is 0 Å². The summed E-state index contributed by atoms with van der Waals surface area (Å²) in [5, 5.41) is 8.81. The van der Waals surface area contributed by atoms with Gasteiger partial charge in [-0.2, -0.15) is 10.2 Å². The van der Waals surface area contributed by atoms with E-state index in [9.17, 15) is 0 Å². The molecule has 0 radical (unpaired) electrons. The number of hydrogen-bond donors (Lipinski definition) is 0. The molecule has 1 aromatic heterocycles. The van der Waals surface area contributed by atoms with Crippen molar-refractivity contribution in [2.75, 3.05) is 0 Å². The van der Waals surface area contributed by atoms with Gasteiger partial charge in [0, 0.05) is 29.7 Å². The topological polar surface area (TPSA) is 37.6 Å². The van der Waals surface area contributed by atoms with E-state index < -0.39 is 0 Å². The Labute approximate surface area is 141 Å². The standard InChI is InChI=1S/C20H31N3/c1-15-8-7-11-21-18(15)14-20(5,6)10-9-16-12-17(23-22-16)13-19(2,3)4/h7-8,11H,9-10,12-14H2,1-6H3. The molecule has 3 heteroatoms. The minimum absolute atomic E-state index is 0.231. The molecule has 0 N–H and O–H groups in total. The molecule has 126 valence electrons. The largest absolute Gasteiger partial charge is 0.261 e. The quantitative estimate of drug-likeness (QED) is 0.695. The first-order valence-electron chi connectivity index (χ1n) is 8.66. The van der Waals surface area contributed by atoms with Crippen LogP contribution in [-0.2, 0) is 6.42 Å². The van der Waals surface area contributed by atoms with Gasteiger partial charge in [-0.25, -0.2) is 0 Å². The van der Waals surface area contributed by atoms with E-state index in [0.717, 1.165) is 32.1 Å². The highest BCUT2D eigenvalue weighted by Crippen LogP contribution is 2.30. The summed E-state index contributed by atoms with van der Waals surface area (Å²) < 4.78 is 0. The molecule has 23 heavy (non-hydrogen) atoms. The number of aryl methyl sites for hydroxylation is 1. The molecule has 0 atom stereocenters. The SMILES string of the molecule is Cc1cccnc1CC(C)(C)CCC1=NN=C(CC(C)(C)C)C1. The van der Waals surface area contributed by atoms with Gasteiger partial charge >= 0.3 is 0 Å².